The largest absolute Gasteiger partial charge is 0.493 e. The second kappa shape index (κ2) is 11.2. The number of nitriles is 1. The van der Waals surface area contributed by atoms with Gasteiger partial charge in [-0.25, -0.2) is 4.98 Å². The Morgan fingerprint density at radius 3 is 2.54 bits per heavy atom. The summed E-state index contributed by atoms with van der Waals surface area (Å²) in [6, 6.07) is 12.8. The average Bonchev–Trinajstić information content (AvgIpc) is 3.27. The third kappa shape index (κ3) is 5.76. The lowest BCUT2D eigenvalue weighted by Crippen LogP contribution is -2.51. The minimum Gasteiger partial charge on any atom is -0.493 e. The number of nitrogens with two attached hydrogens (primary N) is 1. The van der Waals surface area contributed by atoms with Gasteiger partial charge in [0, 0.05) is 16.7 Å². The number of aliphatic hydroxyl groups excluding tert-OH is 1. The van der Waals surface area contributed by atoms with Gasteiger partial charge in [-0.2, -0.15) is 18.4 Å². The maximum Gasteiger partial charge on any atom is 0.424 e. The van der Waals surface area contributed by atoms with Crippen LogP contribution in [0.2, 0.25) is 0 Å². The zero-order chi connectivity index (χ0) is 30.0. The van der Waals surface area contributed by atoms with Crippen LogP contribution in [0, 0.1) is 11.3 Å². The Kier molecular flexibility index (Phi) is 8.12. The first-order valence-electron chi connectivity index (χ1n) is 12.3. The molecular weight excluding hydrogens is 545 g/mol. The molecule has 5 N–H and O–H groups in total. The Hall–Kier alpha value is -4.38. The number of benzene rings is 2. The van der Waals surface area contributed by atoms with Gasteiger partial charge < -0.3 is 35.5 Å². The van der Waals surface area contributed by atoms with Gasteiger partial charge >= 0.3 is 6.18 Å². The molecule has 0 aliphatic carbocycles. The van der Waals surface area contributed by atoms with Crippen molar-refractivity contribution in [2.75, 3.05) is 33.5 Å². The van der Waals surface area contributed by atoms with Crippen LogP contribution in [0.25, 0.3) is 11.3 Å². The summed E-state index contributed by atoms with van der Waals surface area (Å²) >= 11 is 0. The summed E-state index contributed by atoms with van der Waals surface area (Å²) in [5.41, 5.74) is 1.48. The van der Waals surface area contributed by atoms with Gasteiger partial charge in [-0.3, -0.25) is 4.79 Å². The van der Waals surface area contributed by atoms with Crippen LogP contribution < -0.4 is 25.3 Å². The zero-order valence-electron chi connectivity index (χ0n) is 22.1. The summed E-state index contributed by atoms with van der Waals surface area (Å²) in [5.74, 6) is -0.436. The number of methoxy groups -OCH3 is 1. The SMILES string of the molecule is COc1cc(C(=O)NCC(O)(c2cc3c(c(-c4ccc(C#N)cc4)n2)OCC3(C)N)C(F)(F)F)ccc1OCCO. The van der Waals surface area contributed by atoms with Crippen molar-refractivity contribution in [3.63, 3.8) is 0 Å². The molecule has 0 saturated heterocycles. The maximum absolute atomic E-state index is 14.5. The van der Waals surface area contributed by atoms with Crippen molar-refractivity contribution in [2.24, 2.45) is 5.73 Å². The van der Waals surface area contributed by atoms with E-state index in [0.29, 0.717) is 11.1 Å². The van der Waals surface area contributed by atoms with Crippen molar-refractivity contribution < 1.29 is 42.4 Å². The summed E-state index contributed by atoms with van der Waals surface area (Å²) in [6.07, 6.45) is -5.27. The normalized spacial score (nSPS) is 17.5. The van der Waals surface area contributed by atoms with Crippen LogP contribution in [-0.4, -0.2) is 60.8 Å². The van der Waals surface area contributed by atoms with Gasteiger partial charge in [0.25, 0.3) is 5.91 Å². The van der Waals surface area contributed by atoms with Crippen molar-refractivity contribution in [3.8, 4) is 34.6 Å². The van der Waals surface area contributed by atoms with Crippen molar-refractivity contribution in [1.82, 2.24) is 10.3 Å². The molecule has 216 valence electrons. The first-order chi connectivity index (χ1) is 19.3. The number of hydrogen-bond acceptors (Lipinski definition) is 9. The van der Waals surface area contributed by atoms with Crippen LogP contribution in [0.1, 0.15) is 34.1 Å². The first kappa shape index (κ1) is 29.6. The van der Waals surface area contributed by atoms with Crippen LogP contribution in [0.4, 0.5) is 13.2 Å². The number of aliphatic hydroxyl groups is 2. The molecule has 3 aromatic rings. The molecule has 0 radical (unpaired) electrons. The Labute approximate surface area is 233 Å². The molecule has 0 spiro atoms. The van der Waals surface area contributed by atoms with Crippen molar-refractivity contribution in [3.05, 3.63) is 70.9 Å². The number of carbonyl (C=O) groups excluding carboxylic acids is 1. The zero-order valence-corrected chi connectivity index (χ0v) is 22.1. The summed E-state index contributed by atoms with van der Waals surface area (Å²) < 4.78 is 59.7. The predicted molar refractivity (Wildman–Crippen MR) is 139 cm³/mol. The van der Waals surface area contributed by atoms with Crippen LogP contribution in [0.15, 0.2) is 48.5 Å². The molecule has 0 fully saturated rings. The third-order valence-corrected chi connectivity index (χ3v) is 6.56. The lowest BCUT2D eigenvalue weighted by molar-refractivity contribution is -0.265. The van der Waals surface area contributed by atoms with Gasteiger partial charge in [0.1, 0.15) is 18.9 Å². The van der Waals surface area contributed by atoms with E-state index in [9.17, 15) is 23.1 Å². The molecular formula is C28H27F3N4O6. The summed E-state index contributed by atoms with van der Waals surface area (Å²) in [4.78, 5) is 17.0. The Morgan fingerprint density at radius 2 is 1.93 bits per heavy atom. The number of halogens is 3. The fraction of sp³-hybridized carbons (Fsp3) is 0.321. The van der Waals surface area contributed by atoms with E-state index < -0.39 is 35.5 Å². The highest BCUT2D eigenvalue weighted by atomic mass is 19.4. The van der Waals surface area contributed by atoms with Crippen LogP contribution in [0.3, 0.4) is 0 Å². The number of ether oxygens (including phenoxy) is 3. The second-order valence-corrected chi connectivity index (χ2v) is 9.61. The summed E-state index contributed by atoms with van der Waals surface area (Å²) in [5, 5.41) is 31.3. The molecule has 2 heterocycles. The Morgan fingerprint density at radius 1 is 1.22 bits per heavy atom. The van der Waals surface area contributed by atoms with E-state index in [4.69, 9.17) is 30.3 Å². The summed E-state index contributed by atoms with van der Waals surface area (Å²) in [6.45, 7) is -0.0497. The monoisotopic (exact) mass is 572 g/mol. The number of amides is 1. The maximum atomic E-state index is 14.5. The van der Waals surface area contributed by atoms with E-state index >= 15 is 0 Å². The van der Waals surface area contributed by atoms with E-state index in [0.717, 1.165) is 6.07 Å². The number of carbonyl (C=O) groups is 1. The number of aromatic nitrogens is 1. The molecule has 4 rings (SSSR count). The quantitative estimate of drug-likeness (QED) is 0.302. The topological polar surface area (TPSA) is 160 Å². The molecule has 2 aromatic carbocycles. The fourth-order valence-corrected chi connectivity index (χ4v) is 4.24. The molecule has 0 saturated carbocycles. The molecule has 2 unspecified atom stereocenters. The Balaban J connectivity index is 1.72. The van der Waals surface area contributed by atoms with Gasteiger partial charge in [0.05, 0.1) is 43.1 Å². The van der Waals surface area contributed by atoms with Crippen molar-refractivity contribution in [1.29, 1.82) is 5.26 Å². The van der Waals surface area contributed by atoms with Crippen molar-refractivity contribution in [2.45, 2.75) is 24.2 Å². The van der Waals surface area contributed by atoms with Gasteiger partial charge in [0.2, 0.25) is 5.60 Å². The van der Waals surface area contributed by atoms with Crippen LogP contribution >= 0.6 is 0 Å². The molecule has 0 bridgehead atoms. The van der Waals surface area contributed by atoms with Crippen LogP contribution in [0.5, 0.6) is 17.2 Å². The molecule has 2 atom stereocenters. The molecule has 1 aliphatic rings. The number of nitrogens with zero attached hydrogens (tertiary/aromatic N) is 2. The number of pyridine rings is 1. The van der Waals surface area contributed by atoms with E-state index in [2.05, 4.69) is 10.3 Å². The standard InChI is InChI=1S/C28H27F3N4O6/c1-26(33)15-41-24-19(26)12-22(35-23(24)17-5-3-16(13-32)4-6-17)27(38,28(29,30)31)14-34-25(37)18-7-8-20(40-10-9-36)21(11-18)39-2/h3-8,11-12,36,38H,9-10,14-15,33H2,1-2H3,(H,34,37). The number of nitrogens with one attached hydrogen (secondary N) is 1. The minimum atomic E-state index is -5.27. The van der Waals surface area contributed by atoms with Gasteiger partial charge in [0.15, 0.2) is 17.2 Å². The highest BCUT2D eigenvalue weighted by Gasteiger charge is 2.57. The molecule has 1 amide bonds. The molecule has 13 heteroatoms. The van der Waals surface area contributed by atoms with Gasteiger partial charge in [-0.1, -0.05) is 12.1 Å². The van der Waals surface area contributed by atoms with Gasteiger partial charge in [-0.05, 0) is 43.3 Å². The first-order valence-corrected chi connectivity index (χ1v) is 12.3. The fourth-order valence-electron chi connectivity index (χ4n) is 4.24. The van der Waals surface area contributed by atoms with Crippen molar-refractivity contribution >= 4 is 5.91 Å². The van der Waals surface area contributed by atoms with E-state index in [1.807, 2.05) is 6.07 Å². The second-order valence-electron chi connectivity index (χ2n) is 9.61. The molecule has 1 aromatic heterocycles. The average molecular weight is 573 g/mol. The van der Waals surface area contributed by atoms with Crippen LogP contribution in [-0.2, 0) is 11.1 Å². The van der Waals surface area contributed by atoms with E-state index in [-0.39, 0.29) is 53.9 Å². The minimum absolute atomic E-state index is 0.00614. The highest BCUT2D eigenvalue weighted by molar-refractivity contribution is 5.95. The number of fused-ring (bicyclic) bond motifs is 1. The lowest BCUT2D eigenvalue weighted by atomic mass is 9.89. The number of rotatable bonds is 9. The molecule has 41 heavy (non-hydrogen) atoms. The highest BCUT2D eigenvalue weighted by Crippen LogP contribution is 2.46. The van der Waals surface area contributed by atoms with E-state index in [1.165, 1.54) is 49.6 Å². The summed E-state index contributed by atoms with van der Waals surface area (Å²) in [7, 11) is 1.31. The smallest absolute Gasteiger partial charge is 0.424 e. The van der Waals surface area contributed by atoms with Gasteiger partial charge in [-0.15, -0.1) is 0 Å². The lowest BCUT2D eigenvalue weighted by Gasteiger charge is -2.31. The Bertz CT molecular complexity index is 1490. The van der Waals surface area contributed by atoms with E-state index in [1.54, 1.807) is 6.92 Å². The predicted octanol–water partition coefficient (Wildman–Crippen LogP) is 2.75. The third-order valence-electron chi connectivity index (χ3n) is 6.56. The number of hydrogen-bond donors (Lipinski definition) is 4. The number of alkyl halides is 3. The molecule has 10 nitrogen and oxygen atoms in total. The molecule has 1 aliphatic heterocycles.